The summed E-state index contributed by atoms with van der Waals surface area (Å²) in [5.41, 5.74) is 4.32. The van der Waals surface area contributed by atoms with Gasteiger partial charge in [0.05, 0.1) is 12.4 Å². The van der Waals surface area contributed by atoms with Gasteiger partial charge in [-0.3, -0.25) is 0 Å². The Bertz CT molecular complexity index is 2450. The first-order valence-electron chi connectivity index (χ1n) is 15.1. The number of ether oxygens (including phenoxy) is 2. The van der Waals surface area contributed by atoms with E-state index in [9.17, 15) is 8.42 Å². The first-order chi connectivity index (χ1) is 23.9. The van der Waals surface area contributed by atoms with Gasteiger partial charge in [-0.05, 0) is 23.5 Å². The Kier molecular flexibility index (Phi) is 10.6. The van der Waals surface area contributed by atoms with Crippen molar-refractivity contribution in [2.45, 2.75) is 4.90 Å². The van der Waals surface area contributed by atoms with Crippen LogP contribution in [0.5, 0.6) is 23.0 Å². The van der Waals surface area contributed by atoms with Gasteiger partial charge in [0.25, 0.3) is 0 Å². The van der Waals surface area contributed by atoms with Crippen LogP contribution >= 0.6 is 0 Å². The molecule has 0 fully saturated rings. The number of benzene rings is 4. The fourth-order valence-corrected chi connectivity index (χ4v) is 5.84. The topological polar surface area (TPSA) is 109 Å². The van der Waals surface area contributed by atoms with Crippen LogP contribution in [0.4, 0.5) is 0 Å². The fraction of sp³-hybridized carbons (Fsp3) is 0.0256. The molecule has 0 N–H and O–H groups in total. The van der Waals surface area contributed by atoms with E-state index in [0.717, 1.165) is 39.5 Å². The minimum Gasteiger partial charge on any atom is -0.503 e. The van der Waals surface area contributed by atoms with Gasteiger partial charge in [0.2, 0.25) is 5.95 Å². The normalized spacial score (nSPS) is 11.1. The average molecular weight is 959 g/mol. The summed E-state index contributed by atoms with van der Waals surface area (Å²) in [6.07, 6.45) is 7.14. The smallest absolute Gasteiger partial charge is 0.503 e. The molecule has 0 aliphatic carbocycles. The van der Waals surface area contributed by atoms with Crippen LogP contribution in [-0.4, -0.2) is 39.2 Å². The molecule has 9 nitrogen and oxygen atoms in total. The van der Waals surface area contributed by atoms with E-state index in [1.165, 1.54) is 12.4 Å². The van der Waals surface area contributed by atoms with Gasteiger partial charge in [0.1, 0.15) is 4.90 Å². The van der Waals surface area contributed by atoms with Crippen molar-refractivity contribution in [2.24, 2.45) is 0 Å². The van der Waals surface area contributed by atoms with Crippen molar-refractivity contribution in [3.8, 4) is 51.5 Å². The Morgan fingerprint density at radius 3 is 1.47 bits per heavy atom. The zero-order valence-electron chi connectivity index (χ0n) is 26.5. The van der Waals surface area contributed by atoms with E-state index in [2.05, 4.69) is 44.2 Å². The molecular weight excluding hydrogens is 936 g/mol. The summed E-state index contributed by atoms with van der Waals surface area (Å²) in [5, 5.41) is 1.66. The van der Waals surface area contributed by atoms with E-state index in [4.69, 9.17) is 9.47 Å². The summed E-state index contributed by atoms with van der Waals surface area (Å²) in [7, 11) is -3.51. The van der Waals surface area contributed by atoms with Crippen molar-refractivity contribution >= 4 is 31.6 Å². The number of rotatable bonds is 8. The quantitative estimate of drug-likeness (QED) is 0.112. The number of hydrogen-bond acceptors (Lipinski definition) is 8. The second-order valence-corrected chi connectivity index (χ2v) is 13.0. The fourth-order valence-electron chi connectivity index (χ4n) is 5.36. The molecule has 0 saturated heterocycles. The molecule has 0 atom stereocenters. The van der Waals surface area contributed by atoms with Gasteiger partial charge in [0, 0.05) is 41.6 Å². The van der Waals surface area contributed by atoms with Gasteiger partial charge in [0.15, 0.2) is 9.84 Å². The largest absolute Gasteiger partial charge is 2.00 e. The van der Waals surface area contributed by atoms with Gasteiger partial charge >= 0.3 is 41.5 Å². The minimum absolute atomic E-state index is 0. The maximum absolute atomic E-state index is 12.2. The molecule has 0 aliphatic heterocycles. The Hall–Kier alpha value is -5.04. The first-order valence-corrected chi connectivity index (χ1v) is 17.0. The Labute approximate surface area is 322 Å². The molecule has 51 heavy (non-hydrogen) atoms. The van der Waals surface area contributed by atoms with Crippen molar-refractivity contribution < 1.29 is 59.4 Å². The van der Waals surface area contributed by atoms with Crippen LogP contribution < -0.4 is 9.47 Å². The molecule has 0 unspecified atom stereocenters. The van der Waals surface area contributed by atoms with Crippen LogP contribution in [0, 0.1) is 24.3 Å². The first kappa shape index (κ1) is 35.8. The van der Waals surface area contributed by atoms with E-state index in [1.807, 2.05) is 97.1 Å². The molecule has 4 aromatic carbocycles. The number of sulfone groups is 1. The van der Waals surface area contributed by atoms with Crippen molar-refractivity contribution in [1.82, 2.24) is 24.5 Å². The minimum atomic E-state index is -3.51. The van der Waals surface area contributed by atoms with Crippen LogP contribution in [0.2, 0.25) is 0 Å². The van der Waals surface area contributed by atoms with E-state index in [0.29, 0.717) is 34.0 Å². The second-order valence-electron chi connectivity index (χ2n) is 11.0. The predicted molar refractivity (Wildman–Crippen MR) is 184 cm³/mol. The molecule has 0 amide bonds. The molecule has 12 heteroatoms. The standard InChI is InChI=1S/C39H23N5O4S.Pd.Pt/c1-49(45,46)32-24-42-39(43-25-32)44-37-22-30(47-28-10-6-8-26(20-28)35-12-2-4-18-40-35)14-16-33(37)34-17-15-31(23-38(34)44)48-29-11-7-9-27(21-29)36-13-3-5-19-41-36;;/h2-19,24-25H,1H3;;/q-4;2*+2. The number of hydrogen-bond donors (Lipinski definition) is 0. The maximum Gasteiger partial charge on any atom is 2.00 e. The second kappa shape index (κ2) is 15.1. The third-order valence-corrected chi connectivity index (χ3v) is 8.70. The van der Waals surface area contributed by atoms with Crippen LogP contribution in [-0.2, 0) is 51.3 Å². The molecule has 0 saturated carbocycles. The van der Waals surface area contributed by atoms with Crippen LogP contribution in [0.3, 0.4) is 0 Å². The van der Waals surface area contributed by atoms with Gasteiger partial charge in [-0.15, -0.1) is 71.8 Å². The summed E-state index contributed by atoms with van der Waals surface area (Å²) < 4.78 is 38.6. The van der Waals surface area contributed by atoms with Crippen LogP contribution in [0.25, 0.3) is 50.3 Å². The van der Waals surface area contributed by atoms with Crippen LogP contribution in [0.15, 0.2) is 127 Å². The molecular formula is C39H23N5O4PdPtS. The summed E-state index contributed by atoms with van der Waals surface area (Å²) in [4.78, 5) is 17.7. The summed E-state index contributed by atoms with van der Waals surface area (Å²) >= 11 is 0. The average Bonchev–Trinajstić information content (AvgIpc) is 3.45. The maximum atomic E-state index is 12.2. The molecule has 0 spiro atoms. The van der Waals surface area contributed by atoms with E-state index in [-0.39, 0.29) is 52.3 Å². The molecule has 4 heterocycles. The zero-order valence-corrected chi connectivity index (χ0v) is 31.1. The Morgan fingerprint density at radius 2 is 1.04 bits per heavy atom. The van der Waals surface area contributed by atoms with Gasteiger partial charge in [-0.1, -0.05) is 47.4 Å². The molecule has 8 aromatic rings. The van der Waals surface area contributed by atoms with Gasteiger partial charge in [-0.25, -0.2) is 18.4 Å². The SMILES string of the molecule is CS(=O)(=O)c1cnc(-n2c3[c-]c(Oc4[c-]c(-c5ccccn5)ccc4)ccc3c3ccc(Oc4[c-]c(-c5ccccn5)ccc4)[c-]c32)nc1.[Pd+2].[Pt+2]. The Morgan fingerprint density at radius 1 is 0.569 bits per heavy atom. The molecule has 0 radical (unpaired) electrons. The third-order valence-electron chi connectivity index (χ3n) is 7.63. The molecule has 0 aliphatic rings. The predicted octanol–water partition coefficient (Wildman–Crippen LogP) is 7.88. The number of pyridine rings is 2. The number of fused-ring (bicyclic) bond motifs is 3. The summed E-state index contributed by atoms with van der Waals surface area (Å²) in [5.74, 6) is 2.05. The van der Waals surface area contributed by atoms with E-state index < -0.39 is 9.84 Å². The molecule has 4 aromatic heterocycles. The van der Waals surface area contributed by atoms with Crippen LogP contribution in [0.1, 0.15) is 0 Å². The van der Waals surface area contributed by atoms with Gasteiger partial charge in [-0.2, -0.15) is 22.9 Å². The van der Waals surface area contributed by atoms with Crippen molar-refractivity contribution in [3.63, 3.8) is 0 Å². The van der Waals surface area contributed by atoms with Crippen molar-refractivity contribution in [1.29, 1.82) is 0 Å². The van der Waals surface area contributed by atoms with Gasteiger partial charge < -0.3 is 24.0 Å². The summed E-state index contributed by atoms with van der Waals surface area (Å²) in [6.45, 7) is 0. The number of nitrogens with zero attached hydrogens (tertiary/aromatic N) is 5. The molecule has 0 bridgehead atoms. The Balaban J connectivity index is 0.00000224. The molecule has 254 valence electrons. The number of aromatic nitrogens is 5. The third kappa shape index (κ3) is 7.53. The van der Waals surface area contributed by atoms with E-state index >= 15 is 0 Å². The van der Waals surface area contributed by atoms with Crippen molar-refractivity contribution in [3.05, 3.63) is 146 Å². The van der Waals surface area contributed by atoms with Crippen molar-refractivity contribution in [2.75, 3.05) is 6.26 Å². The molecule has 8 rings (SSSR count). The zero-order chi connectivity index (χ0) is 33.4. The summed E-state index contributed by atoms with van der Waals surface area (Å²) in [6, 6.07) is 43.3. The van der Waals surface area contributed by atoms with E-state index in [1.54, 1.807) is 17.0 Å². The monoisotopic (exact) mass is 958 g/mol.